The van der Waals surface area contributed by atoms with E-state index < -0.39 is 35.1 Å². The van der Waals surface area contributed by atoms with Crippen LogP contribution in [0.2, 0.25) is 5.02 Å². The van der Waals surface area contributed by atoms with Crippen LogP contribution in [0.15, 0.2) is 36.9 Å². The van der Waals surface area contributed by atoms with Gasteiger partial charge in [0.15, 0.2) is 11.6 Å². The molecule has 1 aliphatic heterocycles. The summed E-state index contributed by atoms with van der Waals surface area (Å²) in [5, 5.41) is 6.33. The van der Waals surface area contributed by atoms with E-state index in [4.69, 9.17) is 11.6 Å². The lowest BCUT2D eigenvalue weighted by molar-refractivity contribution is -0.119. The third-order valence-electron chi connectivity index (χ3n) is 7.33. The molecule has 0 unspecified atom stereocenters. The number of hydrogen-bond donors (Lipinski definition) is 1. The normalized spacial score (nSPS) is 17.0. The van der Waals surface area contributed by atoms with Crippen LogP contribution in [0.1, 0.15) is 39.4 Å². The van der Waals surface area contributed by atoms with Gasteiger partial charge in [0.05, 0.1) is 64.5 Å². The maximum Gasteiger partial charge on any atom is 0.276 e. The highest BCUT2D eigenvalue weighted by Crippen LogP contribution is 2.37. The molecule has 0 bridgehead atoms. The summed E-state index contributed by atoms with van der Waals surface area (Å²) in [4.78, 5) is 39.5. The van der Waals surface area contributed by atoms with Gasteiger partial charge in [-0.15, -0.1) is 0 Å². The summed E-state index contributed by atoms with van der Waals surface area (Å²) in [5.41, 5.74) is -0.640. The summed E-state index contributed by atoms with van der Waals surface area (Å²) >= 11 is 5.81. The van der Waals surface area contributed by atoms with E-state index in [9.17, 15) is 22.8 Å². The van der Waals surface area contributed by atoms with E-state index >= 15 is 4.39 Å². The maximum atomic E-state index is 15.3. The number of aromatic nitrogens is 5. The minimum atomic E-state index is -3.03. The average molecular weight is 610 g/mol. The first-order valence-electron chi connectivity index (χ1n) is 12.9. The molecule has 1 saturated heterocycles. The maximum absolute atomic E-state index is 15.3. The highest BCUT2D eigenvalue weighted by molar-refractivity contribution is 6.31. The lowest BCUT2D eigenvalue weighted by atomic mass is 9.89. The first kappa shape index (κ1) is 28.3. The molecule has 1 N–H and O–H groups in total. The molecule has 2 aliphatic rings. The first-order valence-corrected chi connectivity index (χ1v) is 13.3. The summed E-state index contributed by atoms with van der Waals surface area (Å²) in [7, 11) is 0. The van der Waals surface area contributed by atoms with E-state index in [1.807, 2.05) is 0 Å². The topological polar surface area (TPSA) is 106 Å². The zero-order valence-corrected chi connectivity index (χ0v) is 23.3. The summed E-state index contributed by atoms with van der Waals surface area (Å²) in [6, 6.07) is 2.00. The van der Waals surface area contributed by atoms with Crippen LogP contribution in [0.25, 0.3) is 11.3 Å². The van der Waals surface area contributed by atoms with E-state index in [1.54, 1.807) is 6.92 Å². The van der Waals surface area contributed by atoms with E-state index in [0.717, 1.165) is 18.3 Å². The number of alkyl halides is 2. The molecule has 4 heterocycles. The number of hydrogen-bond acceptors (Lipinski definition) is 6. The van der Waals surface area contributed by atoms with Gasteiger partial charge in [-0.2, -0.15) is 5.10 Å². The van der Waals surface area contributed by atoms with Gasteiger partial charge in [0.1, 0.15) is 11.6 Å². The molecule has 218 valence electrons. The Kier molecular flexibility index (Phi) is 7.09. The predicted molar refractivity (Wildman–Crippen MR) is 147 cm³/mol. The standard InChI is InChI=1S/C29H20ClF4N7O2/c1-13-22(41-10-15-3-4-17(15)29(41)43)9-36-21(24(13)31)12-40-11-16(7-37-40)38-28(42)26-14(2)35-8-20(39-26)23-18(27(33)34)5-6-19(30)25(23)32/h5-9,11,15,17,27H,10,12H2,1-2H3,(H,38,42)/t15-,17-/m1/s1. The fraction of sp³-hybridized carbons (Fsp3) is 0.241. The van der Waals surface area contributed by atoms with Crippen molar-refractivity contribution in [2.75, 3.05) is 16.8 Å². The number of nitrogens with one attached hydrogen (secondary N) is 1. The Labute approximate surface area is 246 Å². The van der Waals surface area contributed by atoms with Crippen molar-refractivity contribution in [1.82, 2.24) is 24.7 Å². The van der Waals surface area contributed by atoms with Crippen LogP contribution >= 0.6 is 11.6 Å². The van der Waals surface area contributed by atoms with Crippen molar-refractivity contribution in [1.29, 1.82) is 0 Å². The minimum Gasteiger partial charge on any atom is -0.318 e. The minimum absolute atomic E-state index is 0.0438. The van der Waals surface area contributed by atoms with E-state index in [-0.39, 0.29) is 63.3 Å². The zero-order valence-electron chi connectivity index (χ0n) is 22.5. The molecule has 1 aromatic carbocycles. The van der Waals surface area contributed by atoms with Gasteiger partial charge < -0.3 is 10.2 Å². The first-order chi connectivity index (χ1) is 20.5. The molecule has 1 fully saturated rings. The fourth-order valence-corrected chi connectivity index (χ4v) is 5.15. The molecule has 0 saturated carbocycles. The van der Waals surface area contributed by atoms with Crippen molar-refractivity contribution in [3.63, 3.8) is 0 Å². The smallest absolute Gasteiger partial charge is 0.276 e. The van der Waals surface area contributed by atoms with Gasteiger partial charge >= 0.3 is 0 Å². The Balaban J connectivity index is 1.19. The molecule has 0 spiro atoms. The zero-order chi connectivity index (χ0) is 30.6. The van der Waals surface area contributed by atoms with Crippen molar-refractivity contribution in [3.8, 4) is 23.1 Å². The average Bonchev–Trinajstić information content (AvgIpc) is 3.48. The summed E-state index contributed by atoms with van der Waals surface area (Å²) in [5.74, 6) is 2.77. The largest absolute Gasteiger partial charge is 0.318 e. The van der Waals surface area contributed by atoms with Crippen molar-refractivity contribution in [3.05, 3.63) is 81.8 Å². The van der Waals surface area contributed by atoms with E-state index in [1.165, 1.54) is 35.1 Å². The molecular formula is C29H20ClF4N7O2. The third-order valence-corrected chi connectivity index (χ3v) is 7.62. The van der Waals surface area contributed by atoms with Gasteiger partial charge in [-0.25, -0.2) is 22.5 Å². The monoisotopic (exact) mass is 609 g/mol. The molecular weight excluding hydrogens is 590 g/mol. The number of nitrogens with zero attached hydrogens (tertiary/aromatic N) is 6. The highest BCUT2D eigenvalue weighted by Gasteiger charge is 2.43. The molecule has 3 aromatic heterocycles. The fourth-order valence-electron chi connectivity index (χ4n) is 5.00. The van der Waals surface area contributed by atoms with Crippen LogP contribution in [0.5, 0.6) is 0 Å². The number of benzene rings is 1. The van der Waals surface area contributed by atoms with Gasteiger partial charge in [0.25, 0.3) is 12.3 Å². The van der Waals surface area contributed by atoms with E-state index in [0.29, 0.717) is 12.2 Å². The van der Waals surface area contributed by atoms with Crippen LogP contribution in [-0.2, 0) is 11.3 Å². The van der Waals surface area contributed by atoms with Crippen molar-refractivity contribution < 1.29 is 27.2 Å². The summed E-state index contributed by atoms with van der Waals surface area (Å²) < 4.78 is 58.6. The van der Waals surface area contributed by atoms with Gasteiger partial charge in [-0.3, -0.25) is 24.2 Å². The number of rotatable bonds is 7. The summed E-state index contributed by atoms with van der Waals surface area (Å²) in [6.45, 7) is 3.36. The van der Waals surface area contributed by atoms with Crippen LogP contribution in [0.4, 0.5) is 28.9 Å². The van der Waals surface area contributed by atoms with Gasteiger partial charge in [0, 0.05) is 29.4 Å². The second-order valence-electron chi connectivity index (χ2n) is 10.0. The number of halogens is 5. The van der Waals surface area contributed by atoms with Crippen molar-refractivity contribution in [2.24, 2.45) is 11.8 Å². The molecule has 6 rings (SSSR count). The Bertz CT molecular complexity index is 1880. The Morgan fingerprint density at radius 3 is 2.60 bits per heavy atom. The number of fused-ring (bicyclic) bond motifs is 1. The third kappa shape index (κ3) is 4.97. The number of aryl methyl sites for hydroxylation is 1. The number of amides is 2. The molecule has 1 aliphatic carbocycles. The van der Waals surface area contributed by atoms with Gasteiger partial charge in [-0.05, 0) is 19.9 Å². The number of carbonyl (C=O) groups is 2. The Morgan fingerprint density at radius 2 is 1.93 bits per heavy atom. The van der Waals surface area contributed by atoms with Crippen LogP contribution in [-0.4, -0.2) is 43.1 Å². The van der Waals surface area contributed by atoms with Crippen LogP contribution in [0.3, 0.4) is 0 Å². The number of pyridine rings is 1. The quantitative estimate of drug-likeness (QED) is 0.230. The van der Waals surface area contributed by atoms with E-state index in [2.05, 4.69) is 37.2 Å². The second-order valence-corrected chi connectivity index (χ2v) is 10.5. The molecule has 9 nitrogen and oxygen atoms in total. The lowest BCUT2D eigenvalue weighted by Gasteiger charge is -2.19. The van der Waals surface area contributed by atoms with Gasteiger partial charge in [-0.1, -0.05) is 29.5 Å². The molecule has 2 atom stereocenters. The molecule has 43 heavy (non-hydrogen) atoms. The SMILES string of the molecule is Cc1ncc(-c2c(C(F)F)ccc(Cl)c2F)nc1C(=O)Nc1cnn(Cc2ncc(N3C[C@H]4C#C[C@H]4C3=O)c(C)c2F)c1. The van der Waals surface area contributed by atoms with Crippen molar-refractivity contribution in [2.45, 2.75) is 26.8 Å². The predicted octanol–water partition coefficient (Wildman–Crippen LogP) is 5.12. The number of anilines is 2. The van der Waals surface area contributed by atoms with Crippen molar-refractivity contribution >= 4 is 34.8 Å². The molecule has 14 heteroatoms. The highest BCUT2D eigenvalue weighted by atomic mass is 35.5. The molecule has 2 amide bonds. The van der Waals surface area contributed by atoms with Crippen LogP contribution < -0.4 is 10.2 Å². The Hall–Kier alpha value is -4.83. The van der Waals surface area contributed by atoms with Gasteiger partial charge in [0.2, 0.25) is 5.91 Å². The number of carbonyl (C=O) groups excluding carboxylic acids is 2. The second kappa shape index (κ2) is 10.8. The molecule has 0 radical (unpaired) electrons. The van der Waals surface area contributed by atoms with Crippen LogP contribution in [0, 0.1) is 49.2 Å². The molecule has 4 aromatic rings. The summed E-state index contributed by atoms with van der Waals surface area (Å²) in [6.07, 6.45) is 2.24. The lowest BCUT2D eigenvalue weighted by Crippen LogP contribution is -2.28. The Morgan fingerprint density at radius 1 is 1.14 bits per heavy atom.